The van der Waals surface area contributed by atoms with Gasteiger partial charge >= 0.3 is 0 Å². The number of rotatable bonds is 4. The van der Waals surface area contributed by atoms with Crippen LogP contribution >= 0.6 is 0 Å². The van der Waals surface area contributed by atoms with Gasteiger partial charge in [0.1, 0.15) is 6.61 Å². The quantitative estimate of drug-likeness (QED) is 0.599. The van der Waals surface area contributed by atoms with Crippen molar-refractivity contribution in [2.45, 2.75) is 6.92 Å². The number of aliphatic hydroxyl groups excluding tert-OH is 1. The number of aliphatic hydroxyl groups is 1. The zero-order chi connectivity index (χ0) is 11.3. The fourth-order valence-electron chi connectivity index (χ4n) is 1.20. The van der Waals surface area contributed by atoms with Crippen LogP contribution in [0.3, 0.4) is 0 Å². The minimum Gasteiger partial charge on any atom is -0.388 e. The molecule has 0 aliphatic carbocycles. The van der Waals surface area contributed by atoms with Gasteiger partial charge in [0.2, 0.25) is 0 Å². The van der Waals surface area contributed by atoms with Crippen molar-refractivity contribution < 1.29 is 9.90 Å². The molecule has 0 amide bonds. The highest BCUT2D eigenvalue weighted by Gasteiger charge is 2.03. The Balaban J connectivity index is 2.94. The monoisotopic (exact) mass is 203 g/mol. The van der Waals surface area contributed by atoms with E-state index in [9.17, 15) is 4.79 Å². The first kappa shape index (κ1) is 11.3. The first-order chi connectivity index (χ1) is 7.19. The highest BCUT2D eigenvalue weighted by atomic mass is 16.3. The van der Waals surface area contributed by atoms with Crippen molar-refractivity contribution >= 4 is 11.5 Å². The molecule has 0 aromatic heterocycles. The number of carbonyl (C=O) groups excluding carboxylic acids is 1. The summed E-state index contributed by atoms with van der Waals surface area (Å²) in [5.74, 6) is -0.278. The molecule has 0 fully saturated rings. The maximum absolute atomic E-state index is 11.1. The van der Waals surface area contributed by atoms with Gasteiger partial charge in [-0.1, -0.05) is 30.8 Å². The fourth-order valence-corrected chi connectivity index (χ4v) is 1.20. The molecule has 3 heteroatoms. The van der Waals surface area contributed by atoms with Gasteiger partial charge in [0.15, 0.2) is 5.78 Å². The standard InChI is InChI=1S/C12H13NO2/c1-3-13-9(2)10-4-6-11(7-5-10)12(15)8-14/h3-7,14H,1,8H2,2H3. The largest absolute Gasteiger partial charge is 0.388 e. The summed E-state index contributed by atoms with van der Waals surface area (Å²) in [4.78, 5) is 15.2. The lowest BCUT2D eigenvalue weighted by atomic mass is 10.1. The first-order valence-electron chi connectivity index (χ1n) is 4.59. The molecule has 0 radical (unpaired) electrons. The topological polar surface area (TPSA) is 49.7 Å². The van der Waals surface area contributed by atoms with Crippen molar-refractivity contribution in [2.24, 2.45) is 4.99 Å². The van der Waals surface area contributed by atoms with Crippen LogP contribution in [0.15, 0.2) is 42.0 Å². The van der Waals surface area contributed by atoms with Gasteiger partial charge in [0, 0.05) is 17.5 Å². The second-order valence-electron chi connectivity index (χ2n) is 3.06. The second-order valence-corrected chi connectivity index (χ2v) is 3.06. The van der Waals surface area contributed by atoms with E-state index in [4.69, 9.17) is 5.11 Å². The maximum Gasteiger partial charge on any atom is 0.188 e. The molecule has 0 saturated heterocycles. The summed E-state index contributed by atoms with van der Waals surface area (Å²) < 4.78 is 0. The molecule has 1 N–H and O–H groups in total. The van der Waals surface area contributed by atoms with Gasteiger partial charge in [-0.25, -0.2) is 0 Å². The Labute approximate surface area is 88.8 Å². The number of benzene rings is 1. The Bertz CT molecular complexity index is 391. The third kappa shape index (κ3) is 2.86. The van der Waals surface area contributed by atoms with E-state index in [-0.39, 0.29) is 5.78 Å². The molecule has 0 unspecified atom stereocenters. The second kappa shape index (κ2) is 5.22. The lowest BCUT2D eigenvalue weighted by Gasteiger charge is -2.01. The first-order valence-corrected chi connectivity index (χ1v) is 4.59. The number of carbonyl (C=O) groups is 1. The van der Waals surface area contributed by atoms with Crippen molar-refractivity contribution in [1.82, 2.24) is 0 Å². The Morgan fingerprint density at radius 3 is 2.40 bits per heavy atom. The van der Waals surface area contributed by atoms with Gasteiger partial charge in [-0.3, -0.25) is 9.79 Å². The number of nitrogens with zero attached hydrogens (tertiary/aromatic N) is 1. The molecule has 0 saturated carbocycles. The van der Waals surface area contributed by atoms with Gasteiger partial charge in [0.05, 0.1) is 0 Å². The normalized spacial score (nSPS) is 11.2. The number of Topliss-reactive ketones (excluding diaryl/α,β-unsaturated/α-hetero) is 1. The van der Waals surface area contributed by atoms with Gasteiger partial charge in [0.25, 0.3) is 0 Å². The molecule has 15 heavy (non-hydrogen) atoms. The van der Waals surface area contributed by atoms with Gasteiger partial charge < -0.3 is 5.11 Å². The summed E-state index contributed by atoms with van der Waals surface area (Å²) >= 11 is 0. The SMILES string of the molecule is C=CN=C(C)c1ccc(C(=O)CO)cc1. The average Bonchev–Trinajstić information content (AvgIpc) is 2.28. The van der Waals surface area contributed by atoms with Crippen molar-refractivity contribution in [3.05, 3.63) is 48.2 Å². The highest BCUT2D eigenvalue weighted by Crippen LogP contribution is 2.06. The summed E-state index contributed by atoms with van der Waals surface area (Å²) in [6.07, 6.45) is 1.47. The molecule has 0 atom stereocenters. The Morgan fingerprint density at radius 1 is 1.40 bits per heavy atom. The number of hydrogen-bond acceptors (Lipinski definition) is 3. The molecular weight excluding hydrogens is 190 g/mol. The van der Waals surface area contributed by atoms with Crippen molar-refractivity contribution in [3.63, 3.8) is 0 Å². The molecule has 0 aliphatic heterocycles. The van der Waals surface area contributed by atoms with Gasteiger partial charge in [-0.2, -0.15) is 0 Å². The van der Waals surface area contributed by atoms with E-state index in [1.165, 1.54) is 6.20 Å². The minimum absolute atomic E-state index is 0.278. The van der Waals surface area contributed by atoms with Crippen molar-refractivity contribution in [3.8, 4) is 0 Å². The summed E-state index contributed by atoms with van der Waals surface area (Å²) in [6.45, 7) is 4.92. The number of aliphatic imine (C=N–C) groups is 1. The van der Waals surface area contributed by atoms with Crippen LogP contribution in [0.1, 0.15) is 22.8 Å². The molecule has 0 heterocycles. The van der Waals surface area contributed by atoms with Crippen LogP contribution in [-0.4, -0.2) is 23.2 Å². The number of hydrogen-bond donors (Lipinski definition) is 1. The molecule has 0 bridgehead atoms. The average molecular weight is 203 g/mol. The van der Waals surface area contributed by atoms with Crippen LogP contribution in [0, 0.1) is 0 Å². The Morgan fingerprint density at radius 2 is 1.93 bits per heavy atom. The molecule has 0 aliphatic rings. The van der Waals surface area contributed by atoms with Crippen molar-refractivity contribution in [1.29, 1.82) is 0 Å². The van der Waals surface area contributed by atoms with E-state index < -0.39 is 6.61 Å². The number of ketones is 1. The zero-order valence-electron chi connectivity index (χ0n) is 8.60. The van der Waals surface area contributed by atoms with Gasteiger partial charge in [-0.05, 0) is 12.5 Å². The van der Waals surface area contributed by atoms with E-state index in [0.29, 0.717) is 5.56 Å². The van der Waals surface area contributed by atoms with Gasteiger partial charge in [-0.15, -0.1) is 0 Å². The molecule has 1 rings (SSSR count). The molecular formula is C12H13NO2. The third-order valence-electron chi connectivity index (χ3n) is 2.05. The van der Waals surface area contributed by atoms with E-state index in [0.717, 1.165) is 11.3 Å². The summed E-state index contributed by atoms with van der Waals surface area (Å²) in [6, 6.07) is 6.95. The molecule has 0 spiro atoms. The van der Waals surface area contributed by atoms with Crippen LogP contribution in [0.5, 0.6) is 0 Å². The Hall–Kier alpha value is -1.74. The lowest BCUT2D eigenvalue weighted by Crippen LogP contribution is -2.04. The van der Waals surface area contributed by atoms with Crippen LogP contribution < -0.4 is 0 Å². The van der Waals surface area contributed by atoms with Crippen molar-refractivity contribution in [2.75, 3.05) is 6.61 Å². The minimum atomic E-state index is -0.459. The summed E-state index contributed by atoms with van der Waals surface area (Å²) in [5, 5.41) is 8.66. The van der Waals surface area contributed by atoms with Crippen LogP contribution in [0.25, 0.3) is 0 Å². The Kier molecular flexibility index (Phi) is 3.94. The molecule has 78 valence electrons. The van der Waals surface area contributed by atoms with E-state index >= 15 is 0 Å². The predicted octanol–water partition coefficient (Wildman–Crippen LogP) is 1.81. The zero-order valence-corrected chi connectivity index (χ0v) is 8.60. The smallest absolute Gasteiger partial charge is 0.188 e. The summed E-state index contributed by atoms with van der Waals surface area (Å²) in [5.41, 5.74) is 2.28. The third-order valence-corrected chi connectivity index (χ3v) is 2.05. The van der Waals surface area contributed by atoms with E-state index in [1.54, 1.807) is 24.3 Å². The predicted molar refractivity (Wildman–Crippen MR) is 60.3 cm³/mol. The van der Waals surface area contributed by atoms with E-state index in [2.05, 4.69) is 11.6 Å². The van der Waals surface area contributed by atoms with Crippen LogP contribution in [0.2, 0.25) is 0 Å². The molecule has 1 aromatic carbocycles. The summed E-state index contributed by atoms with van der Waals surface area (Å²) in [7, 11) is 0. The highest BCUT2D eigenvalue weighted by molar-refractivity contribution is 6.01. The van der Waals surface area contributed by atoms with Crippen LogP contribution in [-0.2, 0) is 0 Å². The molecule has 3 nitrogen and oxygen atoms in total. The van der Waals surface area contributed by atoms with E-state index in [1.807, 2.05) is 6.92 Å². The fraction of sp³-hybridized carbons (Fsp3) is 0.167. The molecule has 1 aromatic rings. The van der Waals surface area contributed by atoms with Crippen LogP contribution in [0.4, 0.5) is 0 Å². The maximum atomic E-state index is 11.1. The lowest BCUT2D eigenvalue weighted by molar-refractivity contribution is 0.0904.